The molecule has 20 heavy (non-hydrogen) atoms. The number of pyridine rings is 1. The highest BCUT2D eigenvalue weighted by atomic mass is 32.1. The van der Waals surface area contributed by atoms with Crippen LogP contribution < -0.4 is 4.74 Å². The molecule has 0 spiro atoms. The Morgan fingerprint density at radius 2 is 2.20 bits per heavy atom. The van der Waals surface area contributed by atoms with Crippen LogP contribution in [0, 0.1) is 11.7 Å². The largest absolute Gasteiger partial charge is 0.481 e. The molecular weight excluding hydrogens is 274 g/mol. The van der Waals surface area contributed by atoms with Crippen molar-refractivity contribution in [2.24, 2.45) is 0 Å². The molecule has 0 aromatic carbocycles. The predicted octanol–water partition coefficient (Wildman–Crippen LogP) is 2.31. The van der Waals surface area contributed by atoms with Gasteiger partial charge < -0.3 is 9.72 Å². The summed E-state index contributed by atoms with van der Waals surface area (Å²) in [6.45, 7) is 3.47. The van der Waals surface area contributed by atoms with Gasteiger partial charge >= 0.3 is 0 Å². The van der Waals surface area contributed by atoms with Gasteiger partial charge in [0.2, 0.25) is 5.88 Å². The third-order valence-electron chi connectivity index (χ3n) is 3.12. The molecule has 3 aromatic heterocycles. The van der Waals surface area contributed by atoms with E-state index in [0.717, 1.165) is 23.3 Å². The topological polar surface area (TPSA) is 60.7 Å². The fourth-order valence-corrected chi connectivity index (χ4v) is 2.41. The number of imidazole rings is 1. The number of aromatic nitrogens is 5. The van der Waals surface area contributed by atoms with Crippen LogP contribution in [-0.2, 0) is 13.1 Å². The van der Waals surface area contributed by atoms with E-state index in [1.54, 1.807) is 7.11 Å². The summed E-state index contributed by atoms with van der Waals surface area (Å²) < 4.78 is 9.68. The van der Waals surface area contributed by atoms with Gasteiger partial charge in [0.15, 0.2) is 10.4 Å². The van der Waals surface area contributed by atoms with Crippen LogP contribution in [0.2, 0.25) is 0 Å². The minimum absolute atomic E-state index is 0.579. The molecule has 0 saturated heterocycles. The molecule has 0 fully saturated rings. The summed E-state index contributed by atoms with van der Waals surface area (Å²) in [5.74, 6) is 0.579. The molecule has 6 nitrogen and oxygen atoms in total. The molecule has 0 aliphatic rings. The Morgan fingerprint density at radius 3 is 2.90 bits per heavy atom. The van der Waals surface area contributed by atoms with Crippen LogP contribution in [0.25, 0.3) is 11.2 Å². The number of hydrogen-bond acceptors (Lipinski definition) is 4. The Morgan fingerprint density at radius 1 is 1.35 bits per heavy atom. The molecule has 3 heterocycles. The number of nitrogens with zero attached hydrogens (tertiary/aromatic N) is 4. The van der Waals surface area contributed by atoms with Crippen molar-refractivity contribution in [3.8, 4) is 5.88 Å². The first kappa shape index (κ1) is 12.9. The first-order valence-corrected chi connectivity index (χ1v) is 6.71. The van der Waals surface area contributed by atoms with Gasteiger partial charge in [0.1, 0.15) is 0 Å². The molecule has 0 radical (unpaired) electrons. The zero-order chi connectivity index (χ0) is 14.1. The number of nitrogens with one attached hydrogen (secondary N) is 1. The maximum atomic E-state index is 5.35. The van der Waals surface area contributed by atoms with Crippen molar-refractivity contribution in [1.29, 1.82) is 0 Å². The van der Waals surface area contributed by atoms with Gasteiger partial charge in [-0.3, -0.25) is 9.25 Å². The van der Waals surface area contributed by atoms with E-state index in [2.05, 4.69) is 15.1 Å². The third kappa shape index (κ3) is 2.32. The van der Waals surface area contributed by atoms with Gasteiger partial charge in [-0.15, -0.1) is 0 Å². The molecule has 104 valence electrons. The van der Waals surface area contributed by atoms with Crippen LogP contribution >= 0.6 is 12.2 Å². The number of ether oxygens (including phenoxy) is 1. The minimum atomic E-state index is 0.579. The maximum Gasteiger partial charge on any atom is 0.215 e. The molecule has 3 aromatic rings. The summed E-state index contributed by atoms with van der Waals surface area (Å²) in [6, 6.07) is 3.74. The van der Waals surface area contributed by atoms with E-state index in [-0.39, 0.29) is 0 Å². The number of aryl methyl sites for hydroxylation is 3. The fourth-order valence-electron chi connectivity index (χ4n) is 2.13. The molecule has 0 unspecified atom stereocenters. The molecule has 0 saturated carbocycles. The smallest absolute Gasteiger partial charge is 0.215 e. The Labute approximate surface area is 121 Å². The molecule has 0 atom stereocenters. The van der Waals surface area contributed by atoms with Crippen molar-refractivity contribution >= 4 is 23.4 Å². The number of methoxy groups -OCH3 is 1. The molecule has 0 bridgehead atoms. The van der Waals surface area contributed by atoms with E-state index < -0.39 is 0 Å². The highest BCUT2D eigenvalue weighted by Crippen LogP contribution is 2.16. The maximum absolute atomic E-state index is 5.35. The lowest BCUT2D eigenvalue weighted by atomic mass is 10.4. The summed E-state index contributed by atoms with van der Waals surface area (Å²) in [5.41, 5.74) is 2.86. The zero-order valence-electron chi connectivity index (χ0n) is 11.3. The summed E-state index contributed by atoms with van der Waals surface area (Å²) in [5, 5.41) is 4.27. The summed E-state index contributed by atoms with van der Waals surface area (Å²) in [7, 11) is 1.60. The van der Waals surface area contributed by atoms with Gasteiger partial charge in [0.25, 0.3) is 0 Å². The minimum Gasteiger partial charge on any atom is -0.481 e. The van der Waals surface area contributed by atoms with Crippen molar-refractivity contribution < 1.29 is 4.74 Å². The first-order valence-electron chi connectivity index (χ1n) is 6.30. The van der Waals surface area contributed by atoms with Crippen molar-refractivity contribution in [2.45, 2.75) is 20.0 Å². The van der Waals surface area contributed by atoms with Gasteiger partial charge in [-0.25, -0.2) is 0 Å². The molecular formula is C13H15N5OS. The highest BCUT2D eigenvalue weighted by Gasteiger charge is 2.07. The number of H-pyrrole nitrogens is 1. The molecule has 0 amide bonds. The van der Waals surface area contributed by atoms with E-state index in [4.69, 9.17) is 17.0 Å². The highest BCUT2D eigenvalue weighted by molar-refractivity contribution is 7.71. The SMILES string of the molecule is COc1ccc2[nH]c(=S)n(CCn3cc(C)cn3)c2n1. The number of hydrogen-bond donors (Lipinski definition) is 1. The van der Waals surface area contributed by atoms with E-state index in [9.17, 15) is 0 Å². The first-order chi connectivity index (χ1) is 9.67. The lowest BCUT2D eigenvalue weighted by molar-refractivity contribution is 0.398. The Hall–Kier alpha value is -2.15. The van der Waals surface area contributed by atoms with Crippen LogP contribution in [-0.4, -0.2) is 31.4 Å². The molecule has 3 rings (SSSR count). The molecule has 7 heteroatoms. The average Bonchev–Trinajstić information content (AvgIpc) is 2.98. The zero-order valence-corrected chi connectivity index (χ0v) is 12.1. The Kier molecular flexibility index (Phi) is 3.27. The number of fused-ring (bicyclic) bond motifs is 1. The van der Waals surface area contributed by atoms with Crippen LogP contribution in [0.4, 0.5) is 0 Å². The van der Waals surface area contributed by atoms with Crippen molar-refractivity contribution in [3.63, 3.8) is 0 Å². The number of aromatic amines is 1. The van der Waals surface area contributed by atoms with Crippen molar-refractivity contribution in [2.75, 3.05) is 7.11 Å². The second-order valence-corrected chi connectivity index (χ2v) is 4.97. The van der Waals surface area contributed by atoms with Gasteiger partial charge in [-0.2, -0.15) is 10.1 Å². The number of rotatable bonds is 4. The predicted molar refractivity (Wildman–Crippen MR) is 78.4 cm³/mol. The average molecular weight is 289 g/mol. The van der Waals surface area contributed by atoms with Gasteiger partial charge in [-0.05, 0) is 30.8 Å². The van der Waals surface area contributed by atoms with E-state index in [0.29, 0.717) is 17.2 Å². The molecule has 1 N–H and O–H groups in total. The second-order valence-electron chi connectivity index (χ2n) is 4.59. The Balaban J connectivity index is 1.93. The van der Waals surface area contributed by atoms with E-state index in [1.165, 1.54) is 0 Å². The van der Waals surface area contributed by atoms with Gasteiger partial charge in [0.05, 0.1) is 25.4 Å². The Bertz CT molecular complexity index is 801. The molecule has 0 aliphatic carbocycles. The van der Waals surface area contributed by atoms with Gasteiger partial charge in [-0.1, -0.05) is 0 Å². The van der Waals surface area contributed by atoms with Crippen molar-refractivity contribution in [1.82, 2.24) is 24.3 Å². The summed E-state index contributed by atoms with van der Waals surface area (Å²) in [4.78, 5) is 7.60. The second kappa shape index (κ2) is 5.09. The molecule has 0 aliphatic heterocycles. The van der Waals surface area contributed by atoms with Crippen molar-refractivity contribution in [3.05, 3.63) is 34.9 Å². The summed E-state index contributed by atoms with van der Waals surface area (Å²) in [6.07, 6.45) is 3.85. The van der Waals surface area contributed by atoms with Crippen LogP contribution in [0.1, 0.15) is 5.56 Å². The normalized spacial score (nSPS) is 11.1. The van der Waals surface area contributed by atoms with E-state index in [1.807, 2.05) is 40.7 Å². The lowest BCUT2D eigenvalue weighted by Gasteiger charge is -2.05. The monoisotopic (exact) mass is 289 g/mol. The van der Waals surface area contributed by atoms with E-state index >= 15 is 0 Å². The van der Waals surface area contributed by atoms with Crippen LogP contribution in [0.5, 0.6) is 5.88 Å². The summed E-state index contributed by atoms with van der Waals surface area (Å²) >= 11 is 5.35. The third-order valence-corrected chi connectivity index (χ3v) is 3.44. The standard InChI is InChI=1S/C13H15N5OS/c1-9-7-14-17(8-9)5-6-18-12-10(15-13(18)20)3-4-11(16-12)19-2/h3-4,7-8H,5-6H2,1-2H3,(H,15,20). The van der Waals surface area contributed by atoms with Crippen LogP contribution in [0.15, 0.2) is 24.5 Å². The van der Waals surface area contributed by atoms with Gasteiger partial charge in [0, 0.05) is 18.8 Å². The van der Waals surface area contributed by atoms with Crippen LogP contribution in [0.3, 0.4) is 0 Å². The quantitative estimate of drug-likeness (QED) is 0.749. The fraction of sp³-hybridized carbons (Fsp3) is 0.308. The lowest BCUT2D eigenvalue weighted by Crippen LogP contribution is -2.08.